The van der Waals surface area contributed by atoms with Crippen LogP contribution in [0.25, 0.3) is 0 Å². The first-order valence-corrected chi connectivity index (χ1v) is 9.38. The van der Waals surface area contributed by atoms with Gasteiger partial charge < -0.3 is 4.74 Å². The number of rotatable bonds is 9. The van der Waals surface area contributed by atoms with E-state index in [4.69, 9.17) is 4.74 Å². The number of hydrogen-bond acceptors (Lipinski definition) is 3. The van der Waals surface area contributed by atoms with E-state index >= 15 is 0 Å². The number of carbonyl (C=O) groups excluding carboxylic acids is 2. The van der Waals surface area contributed by atoms with Gasteiger partial charge in [-0.2, -0.15) is 0 Å². The van der Waals surface area contributed by atoms with Crippen molar-refractivity contribution in [2.75, 3.05) is 6.61 Å². The predicted molar refractivity (Wildman–Crippen MR) is 103 cm³/mol. The quantitative estimate of drug-likeness (QED) is 0.426. The molecule has 1 atom stereocenters. The van der Waals surface area contributed by atoms with Gasteiger partial charge in [-0.3, -0.25) is 9.59 Å². The smallest absolute Gasteiger partial charge is 0.309 e. The molecule has 4 heteroatoms. The first-order valence-electron chi connectivity index (χ1n) is 8.59. The van der Waals surface area contributed by atoms with Crippen molar-refractivity contribution in [3.63, 3.8) is 0 Å². The van der Waals surface area contributed by atoms with Crippen LogP contribution in [0.5, 0.6) is 0 Å². The van der Waals surface area contributed by atoms with Gasteiger partial charge in [0.05, 0.1) is 12.5 Å². The lowest BCUT2D eigenvalue weighted by Gasteiger charge is -2.15. The molecule has 0 spiro atoms. The first kappa shape index (κ1) is 19.4. The SMILES string of the molecule is CCOC(=O)C(CCCc1ccccc1)CC(=O)c1ccc(Br)cc1. The summed E-state index contributed by atoms with van der Waals surface area (Å²) in [6, 6.07) is 17.4. The van der Waals surface area contributed by atoms with E-state index in [1.807, 2.05) is 30.3 Å². The lowest BCUT2D eigenvalue weighted by atomic mass is 9.92. The zero-order valence-electron chi connectivity index (χ0n) is 14.4. The molecule has 0 saturated carbocycles. The minimum absolute atomic E-state index is 0.0229. The monoisotopic (exact) mass is 402 g/mol. The van der Waals surface area contributed by atoms with Gasteiger partial charge in [0.25, 0.3) is 0 Å². The third-order valence-corrected chi connectivity index (χ3v) is 4.61. The average Bonchev–Trinajstić information content (AvgIpc) is 2.62. The molecule has 0 bridgehead atoms. The second kappa shape index (κ2) is 10.1. The van der Waals surface area contributed by atoms with Crippen LogP contribution >= 0.6 is 15.9 Å². The van der Waals surface area contributed by atoms with E-state index in [0.717, 1.165) is 17.3 Å². The lowest BCUT2D eigenvalue weighted by Crippen LogP contribution is -2.21. The molecule has 0 aromatic heterocycles. The van der Waals surface area contributed by atoms with Gasteiger partial charge in [0.15, 0.2) is 5.78 Å². The van der Waals surface area contributed by atoms with Crippen LogP contribution < -0.4 is 0 Å². The Kier molecular flexibility index (Phi) is 7.86. The van der Waals surface area contributed by atoms with Crippen molar-refractivity contribution in [3.05, 3.63) is 70.2 Å². The second-order valence-corrected chi connectivity index (χ2v) is 6.88. The van der Waals surface area contributed by atoms with Gasteiger partial charge in [0.1, 0.15) is 0 Å². The van der Waals surface area contributed by atoms with E-state index < -0.39 is 0 Å². The molecule has 0 fully saturated rings. The van der Waals surface area contributed by atoms with E-state index in [2.05, 4.69) is 28.1 Å². The molecule has 2 aromatic carbocycles. The van der Waals surface area contributed by atoms with E-state index in [0.29, 0.717) is 18.6 Å². The standard InChI is InChI=1S/C21H23BrO3/c1-2-25-21(24)18(10-6-9-16-7-4-3-5-8-16)15-20(23)17-11-13-19(22)14-12-17/h3-5,7-8,11-14,18H,2,6,9-10,15H2,1H3. The number of benzene rings is 2. The topological polar surface area (TPSA) is 43.4 Å². The molecule has 1 unspecified atom stereocenters. The van der Waals surface area contributed by atoms with Gasteiger partial charge in [0.2, 0.25) is 0 Å². The van der Waals surface area contributed by atoms with Gasteiger partial charge in [-0.1, -0.05) is 58.4 Å². The normalized spacial score (nSPS) is 11.8. The van der Waals surface area contributed by atoms with Gasteiger partial charge in [-0.25, -0.2) is 0 Å². The maximum absolute atomic E-state index is 12.5. The van der Waals surface area contributed by atoms with Crippen molar-refractivity contribution in [1.82, 2.24) is 0 Å². The number of esters is 1. The summed E-state index contributed by atoms with van der Waals surface area (Å²) >= 11 is 3.36. The third-order valence-electron chi connectivity index (χ3n) is 4.08. The number of ketones is 1. The predicted octanol–water partition coefficient (Wildman–Crippen LogP) is 5.22. The number of Topliss-reactive ketones (excluding diaryl/α,β-unsaturated/α-hetero) is 1. The van der Waals surface area contributed by atoms with Gasteiger partial charge >= 0.3 is 5.97 Å². The highest BCUT2D eigenvalue weighted by Crippen LogP contribution is 2.20. The van der Waals surface area contributed by atoms with Crippen molar-refractivity contribution in [2.24, 2.45) is 5.92 Å². The maximum Gasteiger partial charge on any atom is 0.309 e. The molecule has 0 N–H and O–H groups in total. The van der Waals surface area contributed by atoms with Crippen LogP contribution in [0.3, 0.4) is 0 Å². The fourth-order valence-electron chi connectivity index (χ4n) is 2.74. The number of aryl methyl sites for hydroxylation is 1. The summed E-state index contributed by atoms with van der Waals surface area (Å²) in [5.41, 5.74) is 1.87. The zero-order valence-corrected chi connectivity index (χ0v) is 16.0. The molecule has 0 saturated heterocycles. The van der Waals surface area contributed by atoms with Crippen LogP contribution in [0, 0.1) is 5.92 Å². The fraction of sp³-hybridized carbons (Fsp3) is 0.333. The summed E-state index contributed by atoms with van der Waals surface area (Å²) in [7, 11) is 0. The molecular formula is C21H23BrO3. The molecular weight excluding hydrogens is 380 g/mol. The molecule has 2 rings (SSSR count). The van der Waals surface area contributed by atoms with Gasteiger partial charge in [0, 0.05) is 16.5 Å². The van der Waals surface area contributed by atoms with E-state index in [1.165, 1.54) is 5.56 Å². The fourth-order valence-corrected chi connectivity index (χ4v) is 3.00. The van der Waals surface area contributed by atoms with Crippen LogP contribution in [0.2, 0.25) is 0 Å². The molecule has 0 aliphatic carbocycles. The second-order valence-electron chi connectivity index (χ2n) is 5.96. The number of hydrogen-bond donors (Lipinski definition) is 0. The minimum atomic E-state index is -0.389. The summed E-state index contributed by atoms with van der Waals surface area (Å²) < 4.78 is 6.09. The molecule has 0 radical (unpaired) electrons. The van der Waals surface area contributed by atoms with Gasteiger partial charge in [-0.05, 0) is 43.9 Å². The largest absolute Gasteiger partial charge is 0.466 e. The van der Waals surface area contributed by atoms with Crippen LogP contribution in [-0.2, 0) is 16.0 Å². The molecule has 0 aliphatic heterocycles. The Morgan fingerprint density at radius 1 is 1.04 bits per heavy atom. The Labute approximate surface area is 157 Å². The Bertz CT molecular complexity index is 680. The zero-order chi connectivity index (χ0) is 18.1. The van der Waals surface area contributed by atoms with Crippen LogP contribution in [0.4, 0.5) is 0 Å². The maximum atomic E-state index is 12.5. The first-order chi connectivity index (χ1) is 12.1. The Morgan fingerprint density at radius 2 is 1.72 bits per heavy atom. The van der Waals surface area contributed by atoms with E-state index in [-0.39, 0.29) is 24.1 Å². The highest BCUT2D eigenvalue weighted by atomic mass is 79.9. The summed E-state index contributed by atoms with van der Waals surface area (Å²) in [6.07, 6.45) is 2.58. The van der Waals surface area contributed by atoms with Crippen molar-refractivity contribution < 1.29 is 14.3 Å². The Morgan fingerprint density at radius 3 is 2.36 bits per heavy atom. The van der Waals surface area contributed by atoms with Crippen LogP contribution in [0.15, 0.2) is 59.1 Å². The number of ether oxygens (including phenoxy) is 1. The summed E-state index contributed by atoms with van der Waals surface area (Å²) in [6.45, 7) is 2.12. The van der Waals surface area contributed by atoms with Gasteiger partial charge in [-0.15, -0.1) is 0 Å². The molecule has 25 heavy (non-hydrogen) atoms. The minimum Gasteiger partial charge on any atom is -0.466 e. The molecule has 0 amide bonds. The third kappa shape index (κ3) is 6.46. The van der Waals surface area contributed by atoms with Crippen LogP contribution in [0.1, 0.15) is 42.1 Å². The summed E-state index contributed by atoms with van der Waals surface area (Å²) in [5, 5.41) is 0. The van der Waals surface area contributed by atoms with Crippen molar-refractivity contribution in [1.29, 1.82) is 0 Å². The highest BCUT2D eigenvalue weighted by molar-refractivity contribution is 9.10. The molecule has 132 valence electrons. The summed E-state index contributed by atoms with van der Waals surface area (Å²) in [4.78, 5) is 24.7. The average molecular weight is 403 g/mol. The lowest BCUT2D eigenvalue weighted by molar-refractivity contribution is -0.148. The van der Waals surface area contributed by atoms with Crippen LogP contribution in [-0.4, -0.2) is 18.4 Å². The Hall–Kier alpha value is -1.94. The Balaban J connectivity index is 1.96. The van der Waals surface area contributed by atoms with E-state index in [1.54, 1.807) is 19.1 Å². The van der Waals surface area contributed by atoms with Crippen molar-refractivity contribution in [2.45, 2.75) is 32.6 Å². The molecule has 0 heterocycles. The highest BCUT2D eigenvalue weighted by Gasteiger charge is 2.23. The van der Waals surface area contributed by atoms with E-state index in [9.17, 15) is 9.59 Å². The number of halogens is 1. The van der Waals surface area contributed by atoms with Crippen molar-refractivity contribution in [3.8, 4) is 0 Å². The molecule has 0 aliphatic rings. The van der Waals surface area contributed by atoms with Crippen molar-refractivity contribution >= 4 is 27.7 Å². The molecule has 2 aromatic rings. The molecule has 3 nitrogen and oxygen atoms in total. The number of carbonyl (C=O) groups is 2. The summed E-state index contributed by atoms with van der Waals surface area (Å²) in [5.74, 6) is -0.689.